The first-order valence-corrected chi connectivity index (χ1v) is 9.67. The number of benzene rings is 3. The minimum atomic E-state index is -0.434. The Morgan fingerprint density at radius 1 is 0.967 bits per heavy atom. The van der Waals surface area contributed by atoms with E-state index in [4.69, 9.17) is 9.47 Å². The molecular formula is C24H23F2NO3. The summed E-state index contributed by atoms with van der Waals surface area (Å²) in [6, 6.07) is 18.0. The molecule has 0 spiro atoms. The molecule has 0 aliphatic heterocycles. The van der Waals surface area contributed by atoms with Crippen molar-refractivity contribution in [3.8, 4) is 16.9 Å². The first-order chi connectivity index (χ1) is 14.5. The lowest BCUT2D eigenvalue weighted by Crippen LogP contribution is -2.24. The van der Waals surface area contributed by atoms with Crippen molar-refractivity contribution in [2.45, 2.75) is 20.1 Å². The first kappa shape index (κ1) is 21.5. The van der Waals surface area contributed by atoms with Gasteiger partial charge in [-0.1, -0.05) is 36.4 Å². The summed E-state index contributed by atoms with van der Waals surface area (Å²) >= 11 is 0. The Labute approximate surface area is 174 Å². The lowest BCUT2D eigenvalue weighted by molar-refractivity contribution is -0.142. The van der Waals surface area contributed by atoms with Gasteiger partial charge in [0.15, 0.2) is 0 Å². The van der Waals surface area contributed by atoms with Crippen molar-refractivity contribution in [2.24, 2.45) is 0 Å². The average molecular weight is 411 g/mol. The van der Waals surface area contributed by atoms with Gasteiger partial charge in [-0.2, -0.15) is 0 Å². The van der Waals surface area contributed by atoms with Crippen LogP contribution in [-0.2, 0) is 22.7 Å². The maximum atomic E-state index is 14.5. The minimum Gasteiger partial charge on any atom is -0.489 e. The van der Waals surface area contributed by atoms with E-state index in [0.29, 0.717) is 30.0 Å². The molecule has 0 amide bonds. The Kier molecular flexibility index (Phi) is 7.51. The van der Waals surface area contributed by atoms with E-state index in [1.807, 2.05) is 24.3 Å². The predicted molar refractivity (Wildman–Crippen MR) is 111 cm³/mol. The Hall–Kier alpha value is -3.25. The van der Waals surface area contributed by atoms with E-state index in [0.717, 1.165) is 11.1 Å². The SMILES string of the molecule is CCOC(=O)CNCc1cccc(COc2ccc(-c3ccc(F)cc3)c(F)c2)c1. The quantitative estimate of drug-likeness (QED) is 0.511. The van der Waals surface area contributed by atoms with Gasteiger partial charge in [0.05, 0.1) is 13.2 Å². The van der Waals surface area contributed by atoms with E-state index >= 15 is 0 Å². The Morgan fingerprint density at radius 2 is 1.73 bits per heavy atom. The van der Waals surface area contributed by atoms with Gasteiger partial charge in [0.1, 0.15) is 24.0 Å². The zero-order valence-electron chi connectivity index (χ0n) is 16.7. The Morgan fingerprint density at radius 3 is 2.47 bits per heavy atom. The van der Waals surface area contributed by atoms with Gasteiger partial charge in [0.25, 0.3) is 0 Å². The summed E-state index contributed by atoms with van der Waals surface area (Å²) in [6.07, 6.45) is 0. The van der Waals surface area contributed by atoms with Crippen LogP contribution in [0.4, 0.5) is 8.78 Å². The van der Waals surface area contributed by atoms with Crippen molar-refractivity contribution in [1.29, 1.82) is 0 Å². The zero-order chi connectivity index (χ0) is 21.3. The topological polar surface area (TPSA) is 47.6 Å². The first-order valence-electron chi connectivity index (χ1n) is 9.67. The van der Waals surface area contributed by atoms with Crippen LogP contribution in [-0.4, -0.2) is 19.1 Å². The lowest BCUT2D eigenvalue weighted by atomic mass is 10.1. The van der Waals surface area contributed by atoms with Crippen LogP contribution in [0.15, 0.2) is 66.7 Å². The van der Waals surface area contributed by atoms with E-state index in [1.54, 1.807) is 19.1 Å². The summed E-state index contributed by atoms with van der Waals surface area (Å²) in [4.78, 5) is 11.4. The molecule has 0 aliphatic rings. The van der Waals surface area contributed by atoms with Gasteiger partial charge in [0, 0.05) is 18.2 Å². The highest BCUT2D eigenvalue weighted by molar-refractivity contribution is 5.71. The van der Waals surface area contributed by atoms with Gasteiger partial charge >= 0.3 is 5.97 Å². The highest BCUT2D eigenvalue weighted by atomic mass is 19.1. The normalized spacial score (nSPS) is 10.6. The zero-order valence-corrected chi connectivity index (χ0v) is 16.7. The number of nitrogens with one attached hydrogen (secondary N) is 1. The molecule has 0 radical (unpaired) electrons. The van der Waals surface area contributed by atoms with Crippen LogP contribution in [0.3, 0.4) is 0 Å². The van der Waals surface area contributed by atoms with E-state index in [9.17, 15) is 13.6 Å². The van der Waals surface area contributed by atoms with Crippen LogP contribution < -0.4 is 10.1 Å². The fourth-order valence-corrected chi connectivity index (χ4v) is 2.97. The highest BCUT2D eigenvalue weighted by Gasteiger charge is 2.08. The summed E-state index contributed by atoms with van der Waals surface area (Å²) in [6.45, 7) is 3.07. The van der Waals surface area contributed by atoms with Gasteiger partial charge in [-0.3, -0.25) is 4.79 Å². The number of esters is 1. The standard InChI is InChI=1S/C24H23F2NO3/c1-2-29-24(28)15-27-14-17-4-3-5-18(12-17)16-30-21-10-11-22(23(26)13-21)19-6-8-20(25)9-7-19/h3-13,27H,2,14-16H2,1H3. The number of halogens is 2. The molecule has 3 rings (SSSR count). The predicted octanol–water partition coefficient (Wildman–Crippen LogP) is 4.86. The second-order valence-electron chi connectivity index (χ2n) is 6.67. The Bertz CT molecular complexity index is 990. The summed E-state index contributed by atoms with van der Waals surface area (Å²) < 4.78 is 38.1. The molecular weight excluding hydrogens is 388 g/mol. The molecule has 156 valence electrons. The van der Waals surface area contributed by atoms with Crippen LogP contribution >= 0.6 is 0 Å². The van der Waals surface area contributed by atoms with Crippen molar-refractivity contribution in [2.75, 3.05) is 13.2 Å². The van der Waals surface area contributed by atoms with Gasteiger partial charge < -0.3 is 14.8 Å². The summed E-state index contributed by atoms with van der Waals surface area (Å²) in [5.74, 6) is -0.680. The number of carbonyl (C=O) groups excluding carboxylic acids is 1. The maximum absolute atomic E-state index is 14.5. The fourth-order valence-electron chi connectivity index (χ4n) is 2.97. The van der Waals surface area contributed by atoms with Crippen molar-refractivity contribution < 1.29 is 23.0 Å². The molecule has 0 fully saturated rings. The molecule has 30 heavy (non-hydrogen) atoms. The molecule has 1 N–H and O–H groups in total. The van der Waals surface area contributed by atoms with Gasteiger partial charge in [0.2, 0.25) is 0 Å². The van der Waals surface area contributed by atoms with Gasteiger partial charge in [-0.05, 0) is 47.9 Å². The Balaban J connectivity index is 1.57. The largest absolute Gasteiger partial charge is 0.489 e. The molecule has 0 aromatic heterocycles. The summed E-state index contributed by atoms with van der Waals surface area (Å²) in [7, 11) is 0. The van der Waals surface area contributed by atoms with Crippen LogP contribution in [0.2, 0.25) is 0 Å². The maximum Gasteiger partial charge on any atom is 0.319 e. The molecule has 0 saturated heterocycles. The minimum absolute atomic E-state index is 0.147. The van der Waals surface area contributed by atoms with E-state index in [2.05, 4.69) is 5.32 Å². The van der Waals surface area contributed by atoms with Crippen molar-refractivity contribution in [3.63, 3.8) is 0 Å². The summed E-state index contributed by atoms with van der Waals surface area (Å²) in [5.41, 5.74) is 2.91. The van der Waals surface area contributed by atoms with E-state index < -0.39 is 5.82 Å². The highest BCUT2D eigenvalue weighted by Crippen LogP contribution is 2.27. The molecule has 0 aliphatic carbocycles. The smallest absolute Gasteiger partial charge is 0.319 e. The third kappa shape index (κ3) is 6.12. The number of carbonyl (C=O) groups is 1. The molecule has 3 aromatic rings. The molecule has 0 heterocycles. The molecule has 0 unspecified atom stereocenters. The van der Waals surface area contributed by atoms with Gasteiger partial charge in [-0.25, -0.2) is 8.78 Å². The molecule has 0 saturated carbocycles. The molecule has 0 bridgehead atoms. The van der Waals surface area contributed by atoms with Crippen molar-refractivity contribution >= 4 is 5.97 Å². The summed E-state index contributed by atoms with van der Waals surface area (Å²) in [5, 5.41) is 3.03. The van der Waals surface area contributed by atoms with Gasteiger partial charge in [-0.15, -0.1) is 0 Å². The third-order valence-corrected chi connectivity index (χ3v) is 4.40. The van der Waals surface area contributed by atoms with Crippen LogP contribution in [0.1, 0.15) is 18.1 Å². The van der Waals surface area contributed by atoms with Crippen LogP contribution in [0, 0.1) is 11.6 Å². The van der Waals surface area contributed by atoms with Crippen LogP contribution in [0.5, 0.6) is 5.75 Å². The molecule has 3 aromatic carbocycles. The fraction of sp³-hybridized carbons (Fsp3) is 0.208. The monoisotopic (exact) mass is 411 g/mol. The second kappa shape index (κ2) is 10.5. The van der Waals surface area contributed by atoms with E-state index in [-0.39, 0.29) is 24.9 Å². The number of hydrogen-bond acceptors (Lipinski definition) is 4. The molecule has 6 heteroatoms. The van der Waals surface area contributed by atoms with Crippen molar-refractivity contribution in [1.82, 2.24) is 5.32 Å². The van der Waals surface area contributed by atoms with Crippen LogP contribution in [0.25, 0.3) is 11.1 Å². The number of hydrogen-bond donors (Lipinski definition) is 1. The van der Waals surface area contributed by atoms with Crippen molar-refractivity contribution in [3.05, 3.63) is 89.5 Å². The lowest BCUT2D eigenvalue weighted by Gasteiger charge is -2.10. The third-order valence-electron chi connectivity index (χ3n) is 4.40. The van der Waals surface area contributed by atoms with E-state index in [1.165, 1.54) is 30.3 Å². The second-order valence-corrected chi connectivity index (χ2v) is 6.67. The number of ether oxygens (including phenoxy) is 2. The molecule has 0 atom stereocenters. The average Bonchev–Trinajstić information content (AvgIpc) is 2.74. The molecule has 4 nitrogen and oxygen atoms in total. The number of rotatable bonds is 9.